The van der Waals surface area contributed by atoms with Crippen molar-refractivity contribution in [2.24, 2.45) is 0 Å². The maximum Gasteiger partial charge on any atom is 0.231 e. The van der Waals surface area contributed by atoms with Crippen molar-refractivity contribution in [3.05, 3.63) is 22.8 Å². The fraction of sp³-hybridized carbons (Fsp3) is 0.667. The van der Waals surface area contributed by atoms with Gasteiger partial charge in [0.1, 0.15) is 6.10 Å². The predicted molar refractivity (Wildman–Crippen MR) is 38.9 cm³/mol. The van der Waals surface area contributed by atoms with Gasteiger partial charge in [-0.15, -0.1) is 6.58 Å². The molecule has 5 heteroatoms. The number of rotatable bonds is 6. The predicted octanol–water partition coefficient (Wildman–Crippen LogP) is -0.173. The first kappa shape index (κ1) is 10.1. The van der Waals surface area contributed by atoms with Crippen LogP contribution in [-0.4, -0.2) is 35.9 Å². The highest BCUT2D eigenvalue weighted by Gasteiger charge is 2.10. The molecule has 1 atom stereocenters. The highest BCUT2D eigenvalue weighted by atomic mass is 16.6. The molecule has 0 amide bonds. The van der Waals surface area contributed by atoms with Crippen LogP contribution in [0.2, 0.25) is 0 Å². The van der Waals surface area contributed by atoms with E-state index in [2.05, 4.69) is 6.58 Å². The van der Waals surface area contributed by atoms with Crippen molar-refractivity contribution in [3.8, 4) is 0 Å². The fourth-order valence-electron chi connectivity index (χ4n) is 0.512. The second-order valence-electron chi connectivity index (χ2n) is 2.00. The summed E-state index contributed by atoms with van der Waals surface area (Å²) in [6.07, 6.45) is 0.490. The molecule has 0 aromatic carbocycles. The molecule has 1 unspecified atom stereocenters. The Kier molecular flexibility index (Phi) is 5.32. The van der Waals surface area contributed by atoms with E-state index in [9.17, 15) is 10.1 Å². The summed E-state index contributed by atoms with van der Waals surface area (Å²) in [6.45, 7) is 3.18. The molecule has 64 valence electrons. The van der Waals surface area contributed by atoms with Gasteiger partial charge in [-0.2, -0.15) is 0 Å². The summed E-state index contributed by atoms with van der Waals surface area (Å²) in [4.78, 5) is 9.23. The lowest BCUT2D eigenvalue weighted by molar-refractivity contribution is -0.491. The van der Waals surface area contributed by atoms with Gasteiger partial charge in [0.05, 0.1) is 13.2 Å². The minimum absolute atomic E-state index is 0.0208. The highest BCUT2D eigenvalue weighted by molar-refractivity contribution is 4.64. The van der Waals surface area contributed by atoms with Gasteiger partial charge in [0.25, 0.3) is 0 Å². The third-order valence-electron chi connectivity index (χ3n) is 0.906. The summed E-state index contributed by atoms with van der Waals surface area (Å²) in [5.41, 5.74) is 0. The summed E-state index contributed by atoms with van der Waals surface area (Å²) in [5, 5.41) is 18.7. The first-order valence-electron chi connectivity index (χ1n) is 3.15. The van der Waals surface area contributed by atoms with Gasteiger partial charge in [0.15, 0.2) is 0 Å². The van der Waals surface area contributed by atoms with Gasteiger partial charge >= 0.3 is 0 Å². The molecule has 0 spiro atoms. The number of nitrogens with zero attached hydrogens (tertiary/aromatic N) is 1. The van der Waals surface area contributed by atoms with Gasteiger partial charge in [-0.05, 0) is 0 Å². The Labute approximate surface area is 64.4 Å². The molecule has 0 bridgehead atoms. The number of hydrogen-bond acceptors (Lipinski definition) is 4. The molecule has 0 heterocycles. The number of nitro groups is 1. The summed E-state index contributed by atoms with van der Waals surface area (Å²) in [6, 6.07) is 0. The van der Waals surface area contributed by atoms with Crippen LogP contribution in [-0.2, 0) is 4.74 Å². The third kappa shape index (κ3) is 6.95. The fourth-order valence-corrected chi connectivity index (χ4v) is 0.512. The smallest absolute Gasteiger partial charge is 0.231 e. The molecule has 0 saturated heterocycles. The molecule has 0 aromatic rings. The summed E-state index contributed by atoms with van der Waals surface area (Å²) in [7, 11) is 0. The Morgan fingerprint density at radius 1 is 1.82 bits per heavy atom. The lowest BCUT2D eigenvalue weighted by atomic mass is 10.4. The minimum atomic E-state index is -1.02. The Morgan fingerprint density at radius 3 is 2.91 bits per heavy atom. The zero-order valence-corrected chi connectivity index (χ0v) is 6.10. The standard InChI is InChI=1S/C6H11NO4/c1-2-3-11-5-6(8)4-7(9)10/h2,6,8H,1,3-5H2. The van der Waals surface area contributed by atoms with Gasteiger partial charge in [-0.3, -0.25) is 10.1 Å². The second-order valence-corrected chi connectivity index (χ2v) is 2.00. The van der Waals surface area contributed by atoms with E-state index < -0.39 is 17.6 Å². The maximum absolute atomic E-state index is 9.81. The molecule has 0 radical (unpaired) electrons. The van der Waals surface area contributed by atoms with E-state index in [0.717, 1.165) is 0 Å². The molecule has 0 rings (SSSR count). The van der Waals surface area contributed by atoms with E-state index >= 15 is 0 Å². The minimum Gasteiger partial charge on any atom is -0.384 e. The van der Waals surface area contributed by atoms with Gasteiger partial charge in [0.2, 0.25) is 6.54 Å². The van der Waals surface area contributed by atoms with E-state index in [0.29, 0.717) is 6.61 Å². The molecule has 1 N–H and O–H groups in total. The third-order valence-corrected chi connectivity index (χ3v) is 0.906. The topological polar surface area (TPSA) is 72.6 Å². The molecule has 0 aromatic heterocycles. The average Bonchev–Trinajstić information content (AvgIpc) is 1.86. The number of hydrogen-bond donors (Lipinski definition) is 1. The average molecular weight is 161 g/mol. The monoisotopic (exact) mass is 161 g/mol. The van der Waals surface area contributed by atoms with Crippen LogP contribution in [0.4, 0.5) is 0 Å². The van der Waals surface area contributed by atoms with Crippen molar-refractivity contribution in [3.63, 3.8) is 0 Å². The Morgan fingerprint density at radius 2 is 2.45 bits per heavy atom. The Hall–Kier alpha value is -0.940. The first-order valence-corrected chi connectivity index (χ1v) is 3.15. The zero-order valence-electron chi connectivity index (χ0n) is 6.10. The maximum atomic E-state index is 9.81. The van der Waals surface area contributed by atoms with Crippen molar-refractivity contribution in [1.82, 2.24) is 0 Å². The van der Waals surface area contributed by atoms with Crippen LogP contribution < -0.4 is 0 Å². The molecule has 0 aliphatic rings. The molecule has 0 fully saturated rings. The number of aliphatic hydroxyl groups is 1. The van der Waals surface area contributed by atoms with Gasteiger partial charge in [-0.25, -0.2) is 0 Å². The van der Waals surface area contributed by atoms with Crippen LogP contribution >= 0.6 is 0 Å². The highest BCUT2D eigenvalue weighted by Crippen LogP contribution is 1.86. The van der Waals surface area contributed by atoms with Crippen molar-refractivity contribution < 1.29 is 14.8 Å². The van der Waals surface area contributed by atoms with Crippen LogP contribution in [0.25, 0.3) is 0 Å². The molecule has 0 saturated carbocycles. The Balaban J connectivity index is 3.28. The van der Waals surface area contributed by atoms with Crippen LogP contribution in [0, 0.1) is 10.1 Å². The van der Waals surface area contributed by atoms with Crippen LogP contribution in [0.5, 0.6) is 0 Å². The molecule has 5 nitrogen and oxygen atoms in total. The van der Waals surface area contributed by atoms with Crippen LogP contribution in [0.1, 0.15) is 0 Å². The summed E-state index contributed by atoms with van der Waals surface area (Å²) >= 11 is 0. The first-order chi connectivity index (χ1) is 5.16. The van der Waals surface area contributed by atoms with E-state index in [-0.39, 0.29) is 6.61 Å². The molecular formula is C6H11NO4. The zero-order chi connectivity index (χ0) is 8.69. The number of ether oxygens (including phenoxy) is 1. The van der Waals surface area contributed by atoms with E-state index in [1.54, 1.807) is 0 Å². The Bertz CT molecular complexity index is 137. The molecular weight excluding hydrogens is 150 g/mol. The largest absolute Gasteiger partial charge is 0.384 e. The van der Waals surface area contributed by atoms with E-state index in [1.165, 1.54) is 6.08 Å². The van der Waals surface area contributed by atoms with Crippen molar-refractivity contribution in [2.75, 3.05) is 19.8 Å². The second kappa shape index (κ2) is 5.82. The SMILES string of the molecule is C=CCOCC(O)C[N+](=O)[O-]. The van der Waals surface area contributed by atoms with Gasteiger partial charge in [-0.1, -0.05) is 6.08 Å². The lowest BCUT2D eigenvalue weighted by Crippen LogP contribution is -2.24. The quantitative estimate of drug-likeness (QED) is 0.254. The normalized spacial score (nSPS) is 12.5. The van der Waals surface area contributed by atoms with Crippen LogP contribution in [0.3, 0.4) is 0 Å². The van der Waals surface area contributed by atoms with Crippen molar-refractivity contribution in [2.45, 2.75) is 6.10 Å². The van der Waals surface area contributed by atoms with Gasteiger partial charge < -0.3 is 9.84 Å². The molecule has 11 heavy (non-hydrogen) atoms. The van der Waals surface area contributed by atoms with E-state index in [4.69, 9.17) is 9.84 Å². The molecule has 0 aliphatic heterocycles. The summed E-state index contributed by atoms with van der Waals surface area (Å²) in [5.74, 6) is 0. The van der Waals surface area contributed by atoms with Gasteiger partial charge in [0, 0.05) is 4.92 Å². The van der Waals surface area contributed by atoms with Crippen molar-refractivity contribution >= 4 is 0 Å². The molecule has 0 aliphatic carbocycles. The van der Waals surface area contributed by atoms with Crippen LogP contribution in [0.15, 0.2) is 12.7 Å². The van der Waals surface area contributed by atoms with E-state index in [1.807, 2.05) is 0 Å². The summed E-state index contributed by atoms with van der Waals surface area (Å²) < 4.78 is 4.77. The number of aliphatic hydroxyl groups excluding tert-OH is 1. The van der Waals surface area contributed by atoms with Crippen molar-refractivity contribution in [1.29, 1.82) is 0 Å². The lowest BCUT2D eigenvalue weighted by Gasteiger charge is -2.04.